The molecule has 1 heterocycles. The van der Waals surface area contributed by atoms with Crippen LogP contribution in [0.15, 0.2) is 53.4 Å². The van der Waals surface area contributed by atoms with Crippen molar-refractivity contribution < 1.29 is 8.42 Å². The van der Waals surface area contributed by atoms with Crippen molar-refractivity contribution in [3.8, 4) is 6.07 Å². The van der Waals surface area contributed by atoms with Gasteiger partial charge in [-0.1, -0.05) is 23.7 Å². The number of benzene rings is 2. The van der Waals surface area contributed by atoms with Crippen LogP contribution in [0.25, 0.3) is 0 Å². The summed E-state index contributed by atoms with van der Waals surface area (Å²) in [4.78, 5) is 2.51. The molecular weight excluding hydrogens is 370 g/mol. The SMILES string of the molecule is N#Cc1ccc(S(=O)(=O)NC2CCN(Cc3ccc(Cl)cc3)CC2)cc1. The van der Waals surface area contributed by atoms with Crippen molar-refractivity contribution >= 4 is 21.6 Å². The summed E-state index contributed by atoms with van der Waals surface area (Å²) in [7, 11) is -3.56. The molecule has 3 rings (SSSR count). The van der Waals surface area contributed by atoms with E-state index in [1.165, 1.54) is 29.8 Å². The van der Waals surface area contributed by atoms with E-state index in [1.807, 2.05) is 30.3 Å². The first-order chi connectivity index (χ1) is 12.5. The minimum absolute atomic E-state index is 0.0721. The van der Waals surface area contributed by atoms with Crippen LogP contribution in [0.2, 0.25) is 5.02 Å². The van der Waals surface area contributed by atoms with Gasteiger partial charge in [0.1, 0.15) is 0 Å². The van der Waals surface area contributed by atoms with Crippen LogP contribution in [0, 0.1) is 11.3 Å². The van der Waals surface area contributed by atoms with Crippen LogP contribution in [0.3, 0.4) is 0 Å². The lowest BCUT2D eigenvalue weighted by atomic mass is 10.1. The Morgan fingerprint density at radius 3 is 2.27 bits per heavy atom. The number of nitrogens with zero attached hydrogens (tertiary/aromatic N) is 2. The molecule has 1 fully saturated rings. The third kappa shape index (κ3) is 4.83. The molecule has 0 aromatic heterocycles. The molecule has 7 heteroatoms. The zero-order valence-electron chi connectivity index (χ0n) is 14.2. The van der Waals surface area contributed by atoms with Gasteiger partial charge in [-0.25, -0.2) is 13.1 Å². The fraction of sp³-hybridized carbons (Fsp3) is 0.316. The predicted octanol–water partition coefficient (Wildman–Crippen LogP) is 3.15. The van der Waals surface area contributed by atoms with Gasteiger partial charge < -0.3 is 0 Å². The molecule has 2 aromatic carbocycles. The van der Waals surface area contributed by atoms with Crippen molar-refractivity contribution in [3.05, 3.63) is 64.7 Å². The summed E-state index contributed by atoms with van der Waals surface area (Å²) in [6, 6.07) is 15.7. The zero-order valence-corrected chi connectivity index (χ0v) is 15.8. The van der Waals surface area contributed by atoms with Gasteiger partial charge >= 0.3 is 0 Å². The maximum Gasteiger partial charge on any atom is 0.240 e. The molecule has 136 valence electrons. The van der Waals surface area contributed by atoms with Crippen molar-refractivity contribution in [2.45, 2.75) is 30.3 Å². The number of sulfonamides is 1. The largest absolute Gasteiger partial charge is 0.299 e. The van der Waals surface area contributed by atoms with E-state index in [0.29, 0.717) is 5.56 Å². The molecule has 0 unspecified atom stereocenters. The molecule has 1 saturated heterocycles. The first kappa shape index (κ1) is 18.9. The van der Waals surface area contributed by atoms with E-state index in [2.05, 4.69) is 9.62 Å². The van der Waals surface area contributed by atoms with E-state index in [4.69, 9.17) is 16.9 Å². The number of nitrogens with one attached hydrogen (secondary N) is 1. The zero-order chi connectivity index (χ0) is 18.6. The third-order valence-electron chi connectivity index (χ3n) is 4.52. The van der Waals surface area contributed by atoms with Crippen molar-refractivity contribution in [3.63, 3.8) is 0 Å². The van der Waals surface area contributed by atoms with Crippen LogP contribution in [-0.2, 0) is 16.6 Å². The highest BCUT2D eigenvalue weighted by atomic mass is 35.5. The monoisotopic (exact) mass is 389 g/mol. The molecule has 1 aliphatic rings. The minimum atomic E-state index is -3.56. The Morgan fingerprint density at radius 1 is 1.08 bits per heavy atom. The molecule has 1 N–H and O–H groups in total. The molecular formula is C19H20ClN3O2S. The topological polar surface area (TPSA) is 73.2 Å². The van der Waals surface area contributed by atoms with Crippen LogP contribution >= 0.6 is 11.6 Å². The first-order valence-corrected chi connectivity index (χ1v) is 10.3. The molecule has 0 radical (unpaired) electrons. The van der Waals surface area contributed by atoms with Crippen LogP contribution < -0.4 is 4.72 Å². The molecule has 1 aliphatic heterocycles. The Morgan fingerprint density at radius 2 is 1.69 bits per heavy atom. The smallest absolute Gasteiger partial charge is 0.240 e. The van der Waals surface area contributed by atoms with Crippen LogP contribution in [-0.4, -0.2) is 32.4 Å². The average Bonchev–Trinajstić information content (AvgIpc) is 2.65. The van der Waals surface area contributed by atoms with E-state index in [0.717, 1.165) is 37.5 Å². The predicted molar refractivity (Wildman–Crippen MR) is 101 cm³/mol. The number of hydrogen-bond donors (Lipinski definition) is 1. The molecule has 26 heavy (non-hydrogen) atoms. The van der Waals surface area contributed by atoms with Gasteiger partial charge in [0.25, 0.3) is 0 Å². The maximum atomic E-state index is 12.5. The number of hydrogen-bond acceptors (Lipinski definition) is 4. The molecule has 0 spiro atoms. The summed E-state index contributed by atoms with van der Waals surface area (Å²) < 4.78 is 27.8. The molecule has 0 aliphatic carbocycles. The summed E-state index contributed by atoms with van der Waals surface area (Å²) in [6.07, 6.45) is 1.53. The van der Waals surface area contributed by atoms with Crippen molar-refractivity contribution in [2.75, 3.05) is 13.1 Å². The van der Waals surface area contributed by atoms with E-state index >= 15 is 0 Å². The van der Waals surface area contributed by atoms with Gasteiger partial charge in [0, 0.05) is 30.7 Å². The fourth-order valence-electron chi connectivity index (χ4n) is 3.05. The van der Waals surface area contributed by atoms with Crippen LogP contribution in [0.1, 0.15) is 24.0 Å². The fourth-order valence-corrected chi connectivity index (χ4v) is 4.48. The lowest BCUT2D eigenvalue weighted by Crippen LogP contribution is -2.44. The Kier molecular flexibility index (Phi) is 5.94. The molecule has 2 aromatic rings. The number of nitriles is 1. The van der Waals surface area contributed by atoms with Crippen molar-refractivity contribution in [1.29, 1.82) is 5.26 Å². The summed E-state index contributed by atoms with van der Waals surface area (Å²) in [5.74, 6) is 0. The second-order valence-electron chi connectivity index (χ2n) is 6.43. The van der Waals surface area contributed by atoms with E-state index in [1.54, 1.807) is 0 Å². The lowest BCUT2D eigenvalue weighted by Gasteiger charge is -2.32. The Hall–Kier alpha value is -1.91. The highest BCUT2D eigenvalue weighted by molar-refractivity contribution is 7.89. The van der Waals surface area contributed by atoms with Gasteiger partial charge in [0.05, 0.1) is 16.5 Å². The van der Waals surface area contributed by atoms with Crippen LogP contribution in [0.5, 0.6) is 0 Å². The van der Waals surface area contributed by atoms with Gasteiger partial charge in [0.2, 0.25) is 10.0 Å². The number of halogens is 1. The number of likely N-dealkylation sites (tertiary alicyclic amines) is 1. The van der Waals surface area contributed by atoms with Gasteiger partial charge in [-0.3, -0.25) is 4.90 Å². The highest BCUT2D eigenvalue weighted by Gasteiger charge is 2.24. The minimum Gasteiger partial charge on any atom is -0.299 e. The van der Waals surface area contributed by atoms with Crippen LogP contribution in [0.4, 0.5) is 0 Å². The summed E-state index contributed by atoms with van der Waals surface area (Å²) in [6.45, 7) is 2.51. The summed E-state index contributed by atoms with van der Waals surface area (Å²) in [5.41, 5.74) is 1.64. The number of rotatable bonds is 5. The quantitative estimate of drug-likeness (QED) is 0.852. The Labute approximate surface area is 159 Å². The molecule has 0 atom stereocenters. The van der Waals surface area contributed by atoms with Gasteiger partial charge in [-0.2, -0.15) is 5.26 Å². The third-order valence-corrected chi connectivity index (χ3v) is 6.31. The molecule has 0 amide bonds. The highest BCUT2D eigenvalue weighted by Crippen LogP contribution is 2.18. The second kappa shape index (κ2) is 8.19. The van der Waals surface area contributed by atoms with Gasteiger partial charge in [-0.05, 0) is 54.8 Å². The van der Waals surface area contributed by atoms with Crippen molar-refractivity contribution in [2.24, 2.45) is 0 Å². The van der Waals surface area contributed by atoms with Crippen molar-refractivity contribution in [1.82, 2.24) is 9.62 Å². The standard InChI is InChI=1S/C19H20ClN3O2S/c20-17-5-1-16(2-6-17)14-23-11-9-18(10-12-23)22-26(24,25)19-7-3-15(13-21)4-8-19/h1-8,18,22H,9-12,14H2. The first-order valence-electron chi connectivity index (χ1n) is 8.45. The molecule has 5 nitrogen and oxygen atoms in total. The summed E-state index contributed by atoms with van der Waals surface area (Å²) >= 11 is 5.91. The number of piperidine rings is 1. The summed E-state index contributed by atoms with van der Waals surface area (Å²) in [5, 5.41) is 9.54. The maximum absolute atomic E-state index is 12.5. The van der Waals surface area contributed by atoms with E-state index in [9.17, 15) is 8.42 Å². The van der Waals surface area contributed by atoms with Gasteiger partial charge in [-0.15, -0.1) is 0 Å². The Balaban J connectivity index is 1.54. The second-order valence-corrected chi connectivity index (χ2v) is 8.58. The van der Waals surface area contributed by atoms with E-state index in [-0.39, 0.29) is 10.9 Å². The lowest BCUT2D eigenvalue weighted by molar-refractivity contribution is 0.200. The van der Waals surface area contributed by atoms with Gasteiger partial charge in [0.15, 0.2) is 0 Å². The Bertz CT molecular complexity index is 882. The van der Waals surface area contributed by atoms with E-state index < -0.39 is 10.0 Å². The molecule has 0 bridgehead atoms. The average molecular weight is 390 g/mol. The normalized spacial score (nSPS) is 16.3. The molecule has 0 saturated carbocycles.